The van der Waals surface area contributed by atoms with E-state index in [0.29, 0.717) is 22.9 Å². The first-order valence-corrected chi connectivity index (χ1v) is 8.97. The highest BCUT2D eigenvalue weighted by Gasteiger charge is 2.12. The Labute approximate surface area is 164 Å². The molecule has 0 atom stereocenters. The molecule has 0 aliphatic heterocycles. The second kappa shape index (κ2) is 8.90. The molecule has 3 rings (SSSR count). The first-order valence-electron chi connectivity index (χ1n) is 8.97. The Balaban J connectivity index is 1.76. The molecule has 0 radical (unpaired) electrons. The number of aromatic nitrogens is 1. The first kappa shape index (κ1) is 19.2. The van der Waals surface area contributed by atoms with Crippen LogP contribution in [0.4, 0.5) is 17.2 Å². The van der Waals surface area contributed by atoms with Crippen LogP contribution in [0.25, 0.3) is 0 Å². The average molecular weight is 377 g/mol. The smallest absolute Gasteiger partial charge is 0.257 e. The van der Waals surface area contributed by atoms with Gasteiger partial charge in [0.05, 0.1) is 26.1 Å². The highest BCUT2D eigenvalue weighted by atomic mass is 16.5. The van der Waals surface area contributed by atoms with Crippen LogP contribution in [0, 0.1) is 0 Å². The van der Waals surface area contributed by atoms with Crippen molar-refractivity contribution in [2.24, 2.45) is 0 Å². The third kappa shape index (κ3) is 4.40. The minimum atomic E-state index is -0.284. The highest BCUT2D eigenvalue weighted by Crippen LogP contribution is 2.26. The zero-order valence-electron chi connectivity index (χ0n) is 16.2. The molecule has 0 aliphatic carbocycles. The van der Waals surface area contributed by atoms with E-state index >= 15 is 0 Å². The summed E-state index contributed by atoms with van der Waals surface area (Å²) in [5, 5.41) is 2.81. The molecule has 0 aliphatic rings. The van der Waals surface area contributed by atoms with Crippen molar-refractivity contribution in [1.29, 1.82) is 0 Å². The number of para-hydroxylation sites is 1. The number of hydrogen-bond donors (Lipinski definition) is 1. The van der Waals surface area contributed by atoms with Gasteiger partial charge in [-0.05, 0) is 43.3 Å². The summed E-state index contributed by atoms with van der Waals surface area (Å²) in [6.07, 6.45) is 1.75. The second-order valence-electron chi connectivity index (χ2n) is 6.04. The Morgan fingerprint density at radius 2 is 1.64 bits per heavy atom. The summed E-state index contributed by atoms with van der Waals surface area (Å²) in [6.45, 7) is 2.89. The molecule has 1 N–H and O–H groups in total. The second-order valence-corrected chi connectivity index (χ2v) is 6.04. The predicted molar refractivity (Wildman–Crippen MR) is 111 cm³/mol. The van der Waals surface area contributed by atoms with E-state index in [1.807, 2.05) is 24.3 Å². The van der Waals surface area contributed by atoms with Gasteiger partial charge in [0.25, 0.3) is 5.91 Å². The number of benzene rings is 2. The highest BCUT2D eigenvalue weighted by molar-refractivity contribution is 6.04. The fraction of sp³-hybridized carbons (Fsp3) is 0.182. The van der Waals surface area contributed by atoms with E-state index in [1.54, 1.807) is 44.7 Å². The van der Waals surface area contributed by atoms with E-state index in [0.717, 1.165) is 17.9 Å². The maximum atomic E-state index is 12.6. The summed E-state index contributed by atoms with van der Waals surface area (Å²) in [6, 6.07) is 18.8. The third-order valence-electron chi connectivity index (χ3n) is 4.30. The van der Waals surface area contributed by atoms with Crippen molar-refractivity contribution in [3.63, 3.8) is 0 Å². The van der Waals surface area contributed by atoms with Crippen LogP contribution >= 0.6 is 0 Å². The third-order valence-corrected chi connectivity index (χ3v) is 4.30. The molecule has 1 aromatic heterocycles. The van der Waals surface area contributed by atoms with Gasteiger partial charge >= 0.3 is 0 Å². The number of carbonyl (C=O) groups excluding carboxylic acids is 1. The summed E-state index contributed by atoms with van der Waals surface area (Å²) in [5.74, 6) is 1.29. The Morgan fingerprint density at radius 3 is 2.18 bits per heavy atom. The maximum Gasteiger partial charge on any atom is 0.257 e. The van der Waals surface area contributed by atoms with Crippen molar-refractivity contribution < 1.29 is 14.3 Å². The van der Waals surface area contributed by atoms with Crippen LogP contribution in [0.2, 0.25) is 0 Å². The molecule has 2 aromatic carbocycles. The van der Waals surface area contributed by atoms with Crippen molar-refractivity contribution in [2.45, 2.75) is 6.92 Å². The topological polar surface area (TPSA) is 63.7 Å². The number of nitrogens with zero attached hydrogens (tertiary/aromatic N) is 2. The van der Waals surface area contributed by atoms with E-state index < -0.39 is 0 Å². The maximum absolute atomic E-state index is 12.6. The van der Waals surface area contributed by atoms with Crippen LogP contribution in [0.1, 0.15) is 17.3 Å². The molecule has 0 unspecified atom stereocenters. The molecular formula is C22H23N3O3. The molecule has 0 saturated carbocycles. The molecule has 28 heavy (non-hydrogen) atoms. The van der Waals surface area contributed by atoms with Crippen LogP contribution in [0.5, 0.6) is 11.5 Å². The van der Waals surface area contributed by atoms with Crippen LogP contribution in [0.15, 0.2) is 66.9 Å². The zero-order chi connectivity index (χ0) is 19.9. The molecule has 0 spiro atoms. The van der Waals surface area contributed by atoms with Crippen LogP contribution in [0.3, 0.4) is 0 Å². The van der Waals surface area contributed by atoms with Gasteiger partial charge in [0.15, 0.2) is 0 Å². The minimum absolute atomic E-state index is 0.284. The molecule has 6 nitrogen and oxygen atoms in total. The molecule has 0 saturated heterocycles. The summed E-state index contributed by atoms with van der Waals surface area (Å²) < 4.78 is 10.4. The molecule has 1 amide bonds. The standard InChI is InChI=1S/C22H23N3O3/c1-4-25(17-8-6-5-7-9-17)18-10-11-21(23-15-18)24-22(26)16-12-19(27-2)14-20(13-16)28-3/h5-15H,4H2,1-3H3,(H,23,24,26). The molecular weight excluding hydrogens is 354 g/mol. The number of carbonyl (C=O) groups is 1. The van der Waals surface area contributed by atoms with E-state index in [4.69, 9.17) is 9.47 Å². The summed E-state index contributed by atoms with van der Waals surface area (Å²) >= 11 is 0. The fourth-order valence-corrected chi connectivity index (χ4v) is 2.87. The molecule has 6 heteroatoms. The largest absolute Gasteiger partial charge is 0.497 e. The normalized spacial score (nSPS) is 10.2. The Morgan fingerprint density at radius 1 is 0.964 bits per heavy atom. The Bertz CT molecular complexity index is 905. The lowest BCUT2D eigenvalue weighted by atomic mass is 10.2. The molecule has 3 aromatic rings. The first-order chi connectivity index (χ1) is 13.6. The number of hydrogen-bond acceptors (Lipinski definition) is 5. The molecule has 1 heterocycles. The number of rotatable bonds is 7. The summed E-state index contributed by atoms with van der Waals surface area (Å²) in [5.41, 5.74) is 2.48. The number of methoxy groups -OCH3 is 2. The number of ether oxygens (including phenoxy) is 2. The van der Waals surface area contributed by atoms with Crippen LogP contribution in [-0.2, 0) is 0 Å². The van der Waals surface area contributed by atoms with E-state index in [-0.39, 0.29) is 5.91 Å². The lowest BCUT2D eigenvalue weighted by Crippen LogP contribution is -2.17. The summed E-state index contributed by atoms with van der Waals surface area (Å²) in [4.78, 5) is 19.1. The molecule has 0 fully saturated rings. The molecule has 0 bridgehead atoms. The van der Waals surface area contributed by atoms with Crippen molar-refractivity contribution in [3.8, 4) is 11.5 Å². The van der Waals surface area contributed by atoms with Gasteiger partial charge in [-0.1, -0.05) is 18.2 Å². The van der Waals surface area contributed by atoms with Gasteiger partial charge in [0.1, 0.15) is 17.3 Å². The molecule has 144 valence electrons. The van der Waals surface area contributed by atoms with Crippen molar-refractivity contribution in [3.05, 3.63) is 72.4 Å². The SMILES string of the molecule is CCN(c1ccccc1)c1ccc(NC(=O)c2cc(OC)cc(OC)c2)nc1. The van der Waals surface area contributed by atoms with Gasteiger partial charge in [0.2, 0.25) is 0 Å². The number of pyridine rings is 1. The van der Waals surface area contributed by atoms with Gasteiger partial charge in [-0.25, -0.2) is 4.98 Å². The quantitative estimate of drug-likeness (QED) is 0.656. The fourth-order valence-electron chi connectivity index (χ4n) is 2.87. The van der Waals surface area contributed by atoms with Gasteiger partial charge in [-0.3, -0.25) is 4.79 Å². The van der Waals surface area contributed by atoms with Crippen molar-refractivity contribution in [1.82, 2.24) is 4.98 Å². The minimum Gasteiger partial charge on any atom is -0.497 e. The Kier molecular flexibility index (Phi) is 6.11. The van der Waals surface area contributed by atoms with Crippen molar-refractivity contribution >= 4 is 23.1 Å². The van der Waals surface area contributed by atoms with Crippen LogP contribution < -0.4 is 19.7 Å². The number of amides is 1. The lowest BCUT2D eigenvalue weighted by molar-refractivity contribution is 0.102. The summed E-state index contributed by atoms with van der Waals surface area (Å²) in [7, 11) is 3.09. The number of nitrogens with one attached hydrogen (secondary N) is 1. The van der Waals surface area contributed by atoms with Gasteiger partial charge < -0.3 is 19.7 Å². The zero-order valence-corrected chi connectivity index (χ0v) is 16.2. The van der Waals surface area contributed by atoms with Gasteiger partial charge in [0, 0.05) is 23.9 Å². The average Bonchev–Trinajstić information content (AvgIpc) is 2.75. The van der Waals surface area contributed by atoms with Crippen molar-refractivity contribution in [2.75, 3.05) is 31.0 Å². The Hall–Kier alpha value is -3.54. The van der Waals surface area contributed by atoms with E-state index in [1.165, 1.54) is 0 Å². The van der Waals surface area contributed by atoms with E-state index in [9.17, 15) is 4.79 Å². The van der Waals surface area contributed by atoms with Crippen LogP contribution in [-0.4, -0.2) is 31.7 Å². The van der Waals surface area contributed by atoms with E-state index in [2.05, 4.69) is 34.3 Å². The number of anilines is 3. The van der Waals surface area contributed by atoms with Gasteiger partial charge in [-0.2, -0.15) is 0 Å². The predicted octanol–water partition coefficient (Wildman–Crippen LogP) is 4.51. The monoisotopic (exact) mass is 377 g/mol. The van der Waals surface area contributed by atoms with Gasteiger partial charge in [-0.15, -0.1) is 0 Å². The lowest BCUT2D eigenvalue weighted by Gasteiger charge is -2.23.